The minimum absolute atomic E-state index is 0.274. The number of rotatable bonds is 2. The number of anilines is 1. The summed E-state index contributed by atoms with van der Waals surface area (Å²) in [7, 11) is 1.60. The predicted octanol–water partition coefficient (Wildman–Crippen LogP) is 2.93. The van der Waals surface area contributed by atoms with Gasteiger partial charge in [0.15, 0.2) is 5.58 Å². The largest absolute Gasteiger partial charge is 0.419 e. The lowest BCUT2D eigenvalue weighted by atomic mass is 10.1. The molecule has 0 saturated carbocycles. The Bertz CT molecular complexity index is 1140. The topological polar surface area (TPSA) is 77.1 Å². The average Bonchev–Trinajstić information content (AvgIpc) is 2.89. The monoisotopic (exact) mass is 319 g/mol. The van der Waals surface area contributed by atoms with Crippen molar-refractivity contribution in [2.45, 2.75) is 0 Å². The number of carbonyl (C=O) groups excluding carboxylic acids is 1. The molecule has 0 fully saturated rings. The standard InChI is InChI=1S/C18H13N3O3/c1-21-14-10-12(7-8-15(14)24-18(21)23)17(22)20-13-6-2-4-11-5-3-9-19-16(11)13/h2-10H,1H3,(H,20,22). The van der Waals surface area contributed by atoms with Crippen molar-refractivity contribution >= 4 is 33.6 Å². The van der Waals surface area contributed by atoms with Crippen molar-refractivity contribution in [3.05, 3.63) is 70.8 Å². The normalized spacial score (nSPS) is 11.0. The molecule has 0 spiro atoms. The molecule has 4 rings (SSSR count). The molecule has 24 heavy (non-hydrogen) atoms. The van der Waals surface area contributed by atoms with E-state index in [-0.39, 0.29) is 5.91 Å². The van der Waals surface area contributed by atoms with Crippen molar-refractivity contribution in [1.82, 2.24) is 9.55 Å². The van der Waals surface area contributed by atoms with Crippen LogP contribution in [0.4, 0.5) is 5.69 Å². The van der Waals surface area contributed by atoms with Crippen LogP contribution in [-0.2, 0) is 7.05 Å². The van der Waals surface area contributed by atoms with Crippen LogP contribution in [0.5, 0.6) is 0 Å². The number of hydrogen-bond donors (Lipinski definition) is 1. The number of carbonyl (C=O) groups is 1. The van der Waals surface area contributed by atoms with Gasteiger partial charge in [0.1, 0.15) is 0 Å². The Labute approximate surface area is 136 Å². The summed E-state index contributed by atoms with van der Waals surface area (Å²) < 4.78 is 6.44. The second-order valence-electron chi connectivity index (χ2n) is 5.44. The van der Waals surface area contributed by atoms with Gasteiger partial charge in [-0.3, -0.25) is 14.3 Å². The summed E-state index contributed by atoms with van der Waals surface area (Å²) in [5, 5.41) is 3.82. The number of nitrogens with one attached hydrogen (secondary N) is 1. The van der Waals surface area contributed by atoms with Crippen LogP contribution in [-0.4, -0.2) is 15.5 Å². The van der Waals surface area contributed by atoms with E-state index in [9.17, 15) is 9.59 Å². The zero-order valence-corrected chi connectivity index (χ0v) is 12.8. The fraction of sp³-hybridized carbons (Fsp3) is 0.0556. The highest BCUT2D eigenvalue weighted by Crippen LogP contribution is 2.22. The predicted molar refractivity (Wildman–Crippen MR) is 91.2 cm³/mol. The molecule has 0 unspecified atom stereocenters. The van der Waals surface area contributed by atoms with E-state index < -0.39 is 5.76 Å². The van der Waals surface area contributed by atoms with Gasteiger partial charge in [0.25, 0.3) is 5.91 Å². The van der Waals surface area contributed by atoms with Gasteiger partial charge in [-0.05, 0) is 30.3 Å². The Morgan fingerprint density at radius 3 is 2.88 bits per heavy atom. The third-order valence-corrected chi connectivity index (χ3v) is 3.93. The van der Waals surface area contributed by atoms with Crippen LogP contribution >= 0.6 is 0 Å². The van der Waals surface area contributed by atoms with E-state index >= 15 is 0 Å². The number of nitrogens with zero attached hydrogens (tertiary/aromatic N) is 2. The van der Waals surface area contributed by atoms with Crippen LogP contribution in [0.2, 0.25) is 0 Å². The van der Waals surface area contributed by atoms with Gasteiger partial charge < -0.3 is 9.73 Å². The van der Waals surface area contributed by atoms with Crippen molar-refractivity contribution in [3.8, 4) is 0 Å². The molecule has 2 aromatic heterocycles. The summed E-state index contributed by atoms with van der Waals surface area (Å²) >= 11 is 0. The number of fused-ring (bicyclic) bond motifs is 2. The first kappa shape index (κ1) is 14.2. The fourth-order valence-corrected chi connectivity index (χ4v) is 2.67. The Morgan fingerprint density at radius 2 is 2.00 bits per heavy atom. The minimum atomic E-state index is -0.458. The summed E-state index contributed by atoms with van der Waals surface area (Å²) in [4.78, 5) is 28.4. The average molecular weight is 319 g/mol. The van der Waals surface area contributed by atoms with E-state index in [0.29, 0.717) is 22.4 Å². The van der Waals surface area contributed by atoms with Gasteiger partial charge in [0, 0.05) is 24.2 Å². The summed E-state index contributed by atoms with van der Waals surface area (Å²) in [6.07, 6.45) is 1.69. The molecule has 2 aromatic carbocycles. The fourth-order valence-electron chi connectivity index (χ4n) is 2.67. The molecule has 1 N–H and O–H groups in total. The summed E-state index contributed by atoms with van der Waals surface area (Å²) in [6, 6.07) is 14.3. The molecule has 0 bridgehead atoms. The number of oxazole rings is 1. The number of para-hydroxylation sites is 1. The summed E-state index contributed by atoms with van der Waals surface area (Å²) in [6.45, 7) is 0. The molecular weight excluding hydrogens is 306 g/mol. The summed E-state index contributed by atoms with van der Waals surface area (Å²) in [5.41, 5.74) is 2.82. The van der Waals surface area contributed by atoms with Crippen LogP contribution in [0.15, 0.2) is 63.9 Å². The highest BCUT2D eigenvalue weighted by atomic mass is 16.4. The van der Waals surface area contributed by atoms with Gasteiger partial charge in [-0.25, -0.2) is 4.79 Å². The minimum Gasteiger partial charge on any atom is -0.408 e. The Kier molecular flexibility index (Phi) is 3.16. The van der Waals surface area contributed by atoms with Crippen molar-refractivity contribution in [1.29, 1.82) is 0 Å². The van der Waals surface area contributed by atoms with Crippen molar-refractivity contribution in [3.63, 3.8) is 0 Å². The first-order valence-electron chi connectivity index (χ1n) is 7.38. The molecule has 6 nitrogen and oxygen atoms in total. The SMILES string of the molecule is Cn1c(=O)oc2ccc(C(=O)Nc3cccc4cccnc34)cc21. The maximum absolute atomic E-state index is 12.6. The third kappa shape index (κ3) is 2.25. The molecule has 0 radical (unpaired) electrons. The smallest absolute Gasteiger partial charge is 0.408 e. The number of amides is 1. The molecule has 0 aliphatic carbocycles. The Hall–Kier alpha value is -3.41. The first-order chi connectivity index (χ1) is 11.6. The van der Waals surface area contributed by atoms with E-state index in [1.54, 1.807) is 37.5 Å². The lowest BCUT2D eigenvalue weighted by Crippen LogP contribution is -2.13. The summed E-state index contributed by atoms with van der Waals surface area (Å²) in [5.74, 6) is -0.732. The third-order valence-electron chi connectivity index (χ3n) is 3.93. The highest BCUT2D eigenvalue weighted by molar-refractivity contribution is 6.09. The van der Waals surface area contributed by atoms with E-state index in [0.717, 1.165) is 10.9 Å². The van der Waals surface area contributed by atoms with Crippen molar-refractivity contribution in [2.75, 3.05) is 5.32 Å². The van der Waals surface area contributed by atoms with Gasteiger partial charge in [-0.2, -0.15) is 0 Å². The van der Waals surface area contributed by atoms with Crippen LogP contribution in [0.1, 0.15) is 10.4 Å². The second kappa shape index (κ2) is 5.34. The van der Waals surface area contributed by atoms with E-state index in [4.69, 9.17) is 4.42 Å². The second-order valence-corrected chi connectivity index (χ2v) is 5.44. The maximum atomic E-state index is 12.6. The van der Waals surface area contributed by atoms with Crippen molar-refractivity contribution < 1.29 is 9.21 Å². The Balaban J connectivity index is 1.73. The zero-order valence-electron chi connectivity index (χ0n) is 12.8. The van der Waals surface area contributed by atoms with Gasteiger partial charge in [-0.15, -0.1) is 0 Å². The molecule has 2 heterocycles. The lowest BCUT2D eigenvalue weighted by molar-refractivity contribution is 0.102. The van der Waals surface area contributed by atoms with E-state index in [1.165, 1.54) is 4.57 Å². The molecule has 118 valence electrons. The quantitative estimate of drug-likeness (QED) is 0.616. The molecule has 0 atom stereocenters. The van der Waals surface area contributed by atoms with E-state index in [2.05, 4.69) is 10.3 Å². The molecule has 0 aliphatic heterocycles. The van der Waals surface area contributed by atoms with Crippen molar-refractivity contribution in [2.24, 2.45) is 7.05 Å². The van der Waals surface area contributed by atoms with Gasteiger partial charge in [-0.1, -0.05) is 18.2 Å². The lowest BCUT2D eigenvalue weighted by Gasteiger charge is -2.08. The highest BCUT2D eigenvalue weighted by Gasteiger charge is 2.12. The maximum Gasteiger partial charge on any atom is 0.419 e. The van der Waals surface area contributed by atoms with Gasteiger partial charge in [0.2, 0.25) is 0 Å². The molecule has 1 amide bonds. The number of benzene rings is 2. The molecule has 6 heteroatoms. The number of pyridine rings is 1. The zero-order chi connectivity index (χ0) is 16.7. The van der Waals surface area contributed by atoms with Crippen LogP contribution in [0, 0.1) is 0 Å². The number of aromatic nitrogens is 2. The number of hydrogen-bond acceptors (Lipinski definition) is 4. The molecule has 0 saturated heterocycles. The van der Waals surface area contributed by atoms with E-state index in [1.807, 2.05) is 24.3 Å². The van der Waals surface area contributed by atoms with Gasteiger partial charge >= 0.3 is 5.76 Å². The molecule has 4 aromatic rings. The molecular formula is C18H13N3O3. The van der Waals surface area contributed by atoms with Gasteiger partial charge in [0.05, 0.1) is 16.7 Å². The molecule has 0 aliphatic rings. The van der Waals surface area contributed by atoms with Crippen LogP contribution in [0.25, 0.3) is 22.0 Å². The van der Waals surface area contributed by atoms with Crippen LogP contribution < -0.4 is 11.1 Å². The Morgan fingerprint density at radius 1 is 1.17 bits per heavy atom. The first-order valence-corrected chi connectivity index (χ1v) is 7.38. The van der Waals surface area contributed by atoms with Crippen LogP contribution in [0.3, 0.4) is 0 Å². The number of aryl methyl sites for hydroxylation is 1.